The largest absolute Gasteiger partial charge is 0.294 e. The first-order valence-corrected chi connectivity index (χ1v) is 10.5. The molecule has 1 aliphatic carbocycles. The van der Waals surface area contributed by atoms with Gasteiger partial charge in [-0.05, 0) is 72.1 Å². The molecule has 154 valence electrons. The highest BCUT2D eigenvalue weighted by atomic mass is 19.1. The molecule has 2 atom stereocenters. The fourth-order valence-electron chi connectivity index (χ4n) is 4.02. The maximum Gasteiger partial charge on any atom is 0.166 e. The number of Topliss-reactive ketones (excluding diaryl/α,β-unsaturated/α-hetero) is 1. The van der Waals surface area contributed by atoms with Gasteiger partial charge in [-0.25, -0.2) is 4.39 Å². The van der Waals surface area contributed by atoms with Gasteiger partial charge in [-0.2, -0.15) is 5.26 Å². The first kappa shape index (κ1) is 21.7. The van der Waals surface area contributed by atoms with E-state index < -0.39 is 5.82 Å². The van der Waals surface area contributed by atoms with Crippen LogP contribution in [-0.4, -0.2) is 5.78 Å². The van der Waals surface area contributed by atoms with Gasteiger partial charge in [0.15, 0.2) is 5.78 Å². The van der Waals surface area contributed by atoms with Crippen molar-refractivity contribution in [2.24, 2.45) is 17.8 Å². The van der Waals surface area contributed by atoms with Gasteiger partial charge in [-0.3, -0.25) is 4.79 Å². The minimum atomic E-state index is -0.422. The summed E-state index contributed by atoms with van der Waals surface area (Å²) in [5.74, 6) is 0.230. The van der Waals surface area contributed by atoms with E-state index in [1.165, 1.54) is 12.1 Å². The lowest BCUT2D eigenvalue weighted by atomic mass is 9.80. The van der Waals surface area contributed by atoms with E-state index in [0.29, 0.717) is 23.5 Å². The SMILES string of the molecule is Cc1ccc(CC(C(=O)C2=CC(C)CC=C2)C(C)C)cc1-c1cc(F)cc(C#N)c1. The van der Waals surface area contributed by atoms with Crippen LogP contribution in [0.5, 0.6) is 0 Å². The second-order valence-corrected chi connectivity index (χ2v) is 8.65. The zero-order valence-electron chi connectivity index (χ0n) is 18.1. The predicted octanol–water partition coefficient (Wildman–Crippen LogP) is 6.58. The molecule has 1 aliphatic rings. The number of benzene rings is 2. The van der Waals surface area contributed by atoms with Crippen LogP contribution in [0.3, 0.4) is 0 Å². The lowest BCUT2D eigenvalue weighted by Gasteiger charge is -2.23. The molecule has 0 bridgehead atoms. The molecular formula is C27H28FNO. The van der Waals surface area contributed by atoms with E-state index in [-0.39, 0.29) is 17.6 Å². The fraction of sp³-hybridized carbons (Fsp3) is 0.333. The number of aryl methyl sites for hydroxylation is 1. The highest BCUT2D eigenvalue weighted by Crippen LogP contribution is 2.30. The molecule has 0 aromatic heterocycles. The van der Waals surface area contributed by atoms with E-state index in [4.69, 9.17) is 0 Å². The van der Waals surface area contributed by atoms with Crippen molar-refractivity contribution in [1.29, 1.82) is 5.26 Å². The molecule has 0 N–H and O–H groups in total. The summed E-state index contributed by atoms with van der Waals surface area (Å²) in [4.78, 5) is 13.2. The predicted molar refractivity (Wildman–Crippen MR) is 119 cm³/mol. The molecule has 2 nitrogen and oxygen atoms in total. The molecule has 3 heteroatoms. The summed E-state index contributed by atoms with van der Waals surface area (Å²) >= 11 is 0. The number of hydrogen-bond donors (Lipinski definition) is 0. The Morgan fingerprint density at radius 2 is 2.00 bits per heavy atom. The van der Waals surface area contributed by atoms with Crippen LogP contribution in [0.1, 0.15) is 43.9 Å². The second kappa shape index (κ2) is 9.22. The van der Waals surface area contributed by atoms with Gasteiger partial charge in [0, 0.05) is 11.5 Å². The normalized spacial score (nSPS) is 16.8. The maximum atomic E-state index is 14.0. The molecule has 0 saturated heterocycles. The molecule has 0 spiro atoms. The summed E-state index contributed by atoms with van der Waals surface area (Å²) in [6, 6.07) is 12.5. The Balaban J connectivity index is 1.93. The van der Waals surface area contributed by atoms with Gasteiger partial charge in [0.05, 0.1) is 11.6 Å². The average molecular weight is 402 g/mol. The van der Waals surface area contributed by atoms with Crippen molar-refractivity contribution < 1.29 is 9.18 Å². The van der Waals surface area contributed by atoms with Gasteiger partial charge in [0.1, 0.15) is 5.82 Å². The molecule has 0 heterocycles. The van der Waals surface area contributed by atoms with Crippen molar-refractivity contribution in [3.8, 4) is 17.2 Å². The number of nitrogens with zero attached hydrogens (tertiary/aromatic N) is 1. The molecule has 0 amide bonds. The summed E-state index contributed by atoms with van der Waals surface area (Å²) in [7, 11) is 0. The highest BCUT2D eigenvalue weighted by molar-refractivity contribution is 6.00. The number of carbonyl (C=O) groups is 1. The Morgan fingerprint density at radius 3 is 2.67 bits per heavy atom. The average Bonchev–Trinajstić information content (AvgIpc) is 2.71. The summed E-state index contributed by atoms with van der Waals surface area (Å²) in [5.41, 5.74) is 4.74. The van der Waals surface area contributed by atoms with E-state index in [0.717, 1.165) is 28.7 Å². The molecule has 0 radical (unpaired) electrons. The zero-order valence-corrected chi connectivity index (χ0v) is 18.1. The van der Waals surface area contributed by atoms with Crippen molar-refractivity contribution in [1.82, 2.24) is 0 Å². The third-order valence-electron chi connectivity index (χ3n) is 5.79. The van der Waals surface area contributed by atoms with Crippen LogP contribution in [0, 0.1) is 41.8 Å². The van der Waals surface area contributed by atoms with Gasteiger partial charge >= 0.3 is 0 Å². The summed E-state index contributed by atoms with van der Waals surface area (Å²) in [6.07, 6.45) is 7.71. The minimum absolute atomic E-state index is 0.121. The second-order valence-electron chi connectivity index (χ2n) is 8.65. The summed E-state index contributed by atoms with van der Waals surface area (Å²) in [5, 5.41) is 9.18. The first-order valence-electron chi connectivity index (χ1n) is 10.5. The van der Waals surface area contributed by atoms with Gasteiger partial charge in [0.25, 0.3) is 0 Å². The maximum absolute atomic E-state index is 14.0. The Labute approximate surface area is 178 Å². The third-order valence-corrected chi connectivity index (χ3v) is 5.79. The topological polar surface area (TPSA) is 40.9 Å². The number of hydrogen-bond acceptors (Lipinski definition) is 2. The van der Waals surface area contributed by atoms with E-state index in [1.807, 2.05) is 37.3 Å². The van der Waals surface area contributed by atoms with Crippen LogP contribution < -0.4 is 0 Å². The van der Waals surface area contributed by atoms with Crippen LogP contribution in [0.4, 0.5) is 4.39 Å². The Bertz CT molecular complexity index is 1060. The van der Waals surface area contributed by atoms with Crippen molar-refractivity contribution in [2.75, 3.05) is 0 Å². The van der Waals surface area contributed by atoms with Crippen LogP contribution in [0.2, 0.25) is 0 Å². The van der Waals surface area contributed by atoms with E-state index >= 15 is 0 Å². The van der Waals surface area contributed by atoms with Gasteiger partial charge in [-0.1, -0.05) is 57.2 Å². The molecule has 0 saturated carbocycles. The van der Waals surface area contributed by atoms with E-state index in [9.17, 15) is 14.4 Å². The van der Waals surface area contributed by atoms with Crippen LogP contribution in [0.25, 0.3) is 11.1 Å². The zero-order chi connectivity index (χ0) is 21.8. The van der Waals surface area contributed by atoms with Gasteiger partial charge in [0.2, 0.25) is 0 Å². The number of rotatable bonds is 6. The number of halogens is 1. The highest BCUT2D eigenvalue weighted by Gasteiger charge is 2.26. The third kappa shape index (κ3) is 4.94. The molecule has 2 aromatic rings. The lowest BCUT2D eigenvalue weighted by Crippen LogP contribution is -2.24. The Hall–Kier alpha value is -2.99. The summed E-state index contributed by atoms with van der Waals surface area (Å²) in [6.45, 7) is 8.27. The van der Waals surface area contributed by atoms with Crippen LogP contribution >= 0.6 is 0 Å². The van der Waals surface area contributed by atoms with Crippen molar-refractivity contribution in [2.45, 2.75) is 40.5 Å². The smallest absolute Gasteiger partial charge is 0.166 e. The fourth-order valence-corrected chi connectivity index (χ4v) is 4.02. The quantitative estimate of drug-likeness (QED) is 0.548. The Morgan fingerprint density at radius 1 is 1.23 bits per heavy atom. The number of nitriles is 1. The van der Waals surface area contributed by atoms with Crippen molar-refractivity contribution >= 4 is 5.78 Å². The molecule has 2 aromatic carbocycles. The van der Waals surface area contributed by atoms with Crippen LogP contribution in [0.15, 0.2) is 60.2 Å². The molecule has 0 fully saturated rings. The minimum Gasteiger partial charge on any atom is -0.294 e. The molecule has 2 unspecified atom stereocenters. The molecular weight excluding hydrogens is 373 g/mol. The molecule has 30 heavy (non-hydrogen) atoms. The molecule has 0 aliphatic heterocycles. The Kier molecular flexibility index (Phi) is 6.67. The van der Waals surface area contributed by atoms with Crippen molar-refractivity contribution in [3.63, 3.8) is 0 Å². The van der Waals surface area contributed by atoms with Gasteiger partial charge < -0.3 is 0 Å². The van der Waals surface area contributed by atoms with Gasteiger partial charge in [-0.15, -0.1) is 0 Å². The monoisotopic (exact) mass is 401 g/mol. The number of allylic oxidation sites excluding steroid dienone is 4. The molecule has 3 rings (SSSR count). The summed E-state index contributed by atoms with van der Waals surface area (Å²) < 4.78 is 14.0. The standard InChI is InChI=1S/C27H28FNO/c1-17(2)25(27(30)22-7-5-6-18(3)10-22)13-20-9-8-19(4)26(14-20)23-11-21(16-29)12-24(28)15-23/h5,7-12,14-15,17-18,25H,6,13H2,1-4H3. The van der Waals surface area contributed by atoms with E-state index in [2.05, 4.69) is 32.9 Å². The lowest BCUT2D eigenvalue weighted by molar-refractivity contribution is -0.120. The number of carbonyl (C=O) groups excluding carboxylic acids is 1. The van der Waals surface area contributed by atoms with Crippen molar-refractivity contribution in [3.05, 3.63) is 82.7 Å². The number of ketones is 1. The first-order chi connectivity index (χ1) is 14.3. The van der Waals surface area contributed by atoms with Crippen LogP contribution in [-0.2, 0) is 11.2 Å². The van der Waals surface area contributed by atoms with E-state index in [1.54, 1.807) is 6.07 Å².